The van der Waals surface area contributed by atoms with E-state index >= 15 is 0 Å². The Morgan fingerprint density at radius 1 is 0.794 bits per heavy atom. The van der Waals surface area contributed by atoms with Crippen LogP contribution in [-0.4, -0.2) is 17.0 Å². The van der Waals surface area contributed by atoms with E-state index in [1.807, 2.05) is 18.2 Å². The topological polar surface area (TPSA) is 116 Å². The van der Waals surface area contributed by atoms with E-state index in [1.54, 1.807) is 30.3 Å². The molecular weight excluding hydrogens is 489 g/mol. The maximum Gasteiger partial charge on any atom is 1.00 e. The summed E-state index contributed by atoms with van der Waals surface area (Å²) in [6.45, 7) is 0. The molecule has 5 nitrogen and oxygen atoms in total. The van der Waals surface area contributed by atoms with Gasteiger partial charge in [0.15, 0.2) is 11.6 Å². The molecular formula is C25H34Cl2FN2NaO3. The summed E-state index contributed by atoms with van der Waals surface area (Å²) in [6.07, 6.45) is 2.62. The molecule has 2 fully saturated rings. The first kappa shape index (κ1) is 29.4. The number of nitrogens with two attached hydrogens (primary N) is 2. The maximum absolute atomic E-state index is 12.2. The zero-order chi connectivity index (χ0) is 25.6. The molecule has 0 bridgehead atoms. The normalized spacial score (nSPS) is 26.1. The fourth-order valence-corrected chi connectivity index (χ4v) is 4.69. The molecule has 2 aliphatic carbocycles. The molecule has 0 heterocycles. The van der Waals surface area contributed by atoms with Crippen LogP contribution in [0.4, 0.5) is 4.70 Å². The number of rotatable bonds is 2. The van der Waals surface area contributed by atoms with Crippen LogP contribution in [-0.2, 0) is 20.7 Å². The quantitative estimate of drug-likeness (QED) is 0.584. The molecule has 0 saturated heterocycles. The largest absolute Gasteiger partial charge is 1.00 e. The summed E-state index contributed by atoms with van der Waals surface area (Å²) in [5.41, 5.74) is 19.0. The Kier molecular flexibility index (Phi) is 13.2. The Morgan fingerprint density at radius 3 is 1.68 bits per heavy atom. The first-order valence-corrected chi connectivity index (χ1v) is 10.9. The number of hydrogen-bond acceptors (Lipinski definition) is 5. The molecule has 9 heteroatoms. The van der Waals surface area contributed by atoms with Gasteiger partial charge in [0, 0.05) is 25.6 Å². The molecule has 2 aliphatic rings. The Morgan fingerprint density at radius 2 is 1.21 bits per heavy atom. The summed E-state index contributed by atoms with van der Waals surface area (Å²) >= 11 is 12.1. The van der Waals surface area contributed by atoms with Crippen LogP contribution in [0.3, 0.4) is 0 Å². The van der Waals surface area contributed by atoms with Gasteiger partial charge in [0.25, 0.3) is 0 Å². The molecule has 0 aromatic heterocycles. The fraction of sp³-hybridized carbons (Fsp3) is 0.440. The minimum absolute atomic E-state index is 0. The zero-order valence-electron chi connectivity index (χ0n) is 21.6. The van der Waals surface area contributed by atoms with Crippen molar-refractivity contribution in [3.05, 3.63) is 69.7 Å². The molecule has 0 amide bonds. The minimum atomic E-state index is -1.85. The van der Waals surface area contributed by atoms with E-state index in [9.17, 15) is 9.59 Å². The van der Waals surface area contributed by atoms with Crippen LogP contribution in [0.15, 0.2) is 48.5 Å². The number of benzene rings is 2. The van der Waals surface area contributed by atoms with Gasteiger partial charge < -0.3 is 16.9 Å². The van der Waals surface area contributed by atoms with E-state index in [2.05, 4.69) is 1.43 Å². The molecule has 184 valence electrons. The zero-order valence-corrected chi connectivity index (χ0v) is 22.1. The molecule has 0 radical (unpaired) electrons. The predicted octanol–water partition coefficient (Wildman–Crippen LogP) is 2.89. The first-order valence-electron chi connectivity index (χ1n) is 11.6. The number of halogens is 3. The van der Waals surface area contributed by atoms with Crippen molar-refractivity contribution >= 4 is 34.8 Å². The van der Waals surface area contributed by atoms with Gasteiger partial charge in [0.05, 0.1) is 0 Å². The smallest absolute Gasteiger partial charge is 0.870 e. The van der Waals surface area contributed by atoms with Crippen LogP contribution >= 0.6 is 23.2 Å². The molecule has 2 saturated carbocycles. The van der Waals surface area contributed by atoms with E-state index in [4.69, 9.17) is 42.9 Å². The second-order valence-corrected chi connectivity index (χ2v) is 8.71. The van der Waals surface area contributed by atoms with Crippen LogP contribution in [0.1, 0.15) is 74.0 Å². The number of ketones is 2. The summed E-state index contributed by atoms with van der Waals surface area (Å²) in [6, 6.07) is 14.2. The second-order valence-electron chi connectivity index (χ2n) is 7.89. The van der Waals surface area contributed by atoms with Gasteiger partial charge in [-0.15, -0.1) is 1.43 Å². The molecule has 2 aromatic rings. The van der Waals surface area contributed by atoms with Gasteiger partial charge in [-0.2, -0.15) is 0 Å². The summed E-state index contributed by atoms with van der Waals surface area (Å²) in [5, 5.41) is 1.01. The monoisotopic (exact) mass is 525 g/mol. The third kappa shape index (κ3) is 7.58. The summed E-state index contributed by atoms with van der Waals surface area (Å²) in [4.78, 5) is 24.0. The van der Waals surface area contributed by atoms with Crippen molar-refractivity contribution in [2.75, 3.05) is 0 Å². The van der Waals surface area contributed by atoms with Crippen molar-refractivity contribution in [2.24, 2.45) is 11.5 Å². The summed E-state index contributed by atoms with van der Waals surface area (Å²) < 4.78 is 19.9. The average Bonchev–Trinajstić information content (AvgIpc) is 2.82. The van der Waals surface area contributed by atoms with Crippen molar-refractivity contribution in [3.63, 3.8) is 0 Å². The van der Waals surface area contributed by atoms with Gasteiger partial charge in [-0.05, 0) is 48.9 Å². The van der Waals surface area contributed by atoms with Crippen LogP contribution in [0.2, 0.25) is 10.0 Å². The van der Waals surface area contributed by atoms with Crippen molar-refractivity contribution < 1.29 is 53.5 Å². The molecule has 2 atom stereocenters. The Hall–Kier alpha value is -0.830. The Bertz CT molecular complexity index is 1040. The van der Waals surface area contributed by atoms with E-state index in [1.165, 1.54) is 0 Å². The van der Waals surface area contributed by atoms with Gasteiger partial charge in [0.2, 0.25) is 0 Å². The van der Waals surface area contributed by atoms with Crippen LogP contribution in [0.5, 0.6) is 0 Å². The van der Waals surface area contributed by atoms with Crippen molar-refractivity contribution in [3.8, 4) is 0 Å². The fourth-order valence-electron chi connectivity index (χ4n) is 4.08. The van der Waals surface area contributed by atoms with Gasteiger partial charge >= 0.3 is 29.6 Å². The average molecular weight is 526 g/mol. The SMILES string of the molecule is C.F.NC1(c2ccccc2Cl)CCCCC1=O.[2H]C1([2H])CCCC(N)(c2ccccc2Cl)C1=O.[2H][O-].[Na+]. The minimum Gasteiger partial charge on any atom is -0.870 e. The summed E-state index contributed by atoms with van der Waals surface area (Å²) in [5.74, 6) is -0.453. The Balaban J connectivity index is 0. The van der Waals surface area contributed by atoms with E-state index in [0.29, 0.717) is 41.3 Å². The number of hydrogen-bond donors (Lipinski definition) is 2. The van der Waals surface area contributed by atoms with Crippen molar-refractivity contribution in [1.82, 2.24) is 0 Å². The molecule has 34 heavy (non-hydrogen) atoms. The van der Waals surface area contributed by atoms with E-state index in [-0.39, 0.29) is 53.9 Å². The van der Waals surface area contributed by atoms with Crippen LogP contribution < -0.4 is 41.0 Å². The number of carbonyl (C=O) groups excluding carboxylic acids is 2. The molecule has 2 unspecified atom stereocenters. The third-order valence-corrected chi connectivity index (χ3v) is 6.53. The second kappa shape index (κ2) is 15.3. The first-order chi connectivity index (χ1) is 16.0. The predicted molar refractivity (Wildman–Crippen MR) is 133 cm³/mol. The molecule has 5 N–H and O–H groups in total. The van der Waals surface area contributed by atoms with Gasteiger partial charge in [-0.1, -0.05) is 79.9 Å². The molecule has 0 aliphatic heterocycles. The van der Waals surface area contributed by atoms with Gasteiger partial charge in [0.1, 0.15) is 11.1 Å². The molecule has 2 aromatic carbocycles. The standard InChI is InChI=1S/2C12H14ClNO.CH4.FH.Na.H2O/c2*13-10-6-2-1-5-9(10)12(14)8-4-3-7-11(12)15;;;;/h2*1-2,5-6H,3-4,7-8,14H2;1H4;1H;;1H2/q;;;;+1;/p-1/i7D2;;;;;/hD. The van der Waals surface area contributed by atoms with Crippen molar-refractivity contribution in [1.29, 1.82) is 0 Å². The molecule has 4 rings (SSSR count). The summed E-state index contributed by atoms with van der Waals surface area (Å²) in [7, 11) is 0. The van der Waals surface area contributed by atoms with E-state index < -0.39 is 23.2 Å². The third-order valence-electron chi connectivity index (χ3n) is 5.87. The van der Waals surface area contributed by atoms with Gasteiger partial charge in [-0.25, -0.2) is 0 Å². The Labute approximate surface area is 238 Å². The number of carbonyl (C=O) groups is 2. The van der Waals surface area contributed by atoms with Gasteiger partial charge in [-0.3, -0.25) is 14.3 Å². The maximum atomic E-state index is 12.2. The van der Waals surface area contributed by atoms with E-state index in [0.717, 1.165) is 18.4 Å². The van der Waals surface area contributed by atoms with Crippen LogP contribution in [0.25, 0.3) is 0 Å². The van der Waals surface area contributed by atoms with Crippen molar-refractivity contribution in [2.45, 2.75) is 69.8 Å². The van der Waals surface area contributed by atoms with Crippen LogP contribution in [0, 0.1) is 0 Å². The molecule has 0 spiro atoms. The number of Topliss-reactive ketones (excluding diaryl/α,β-unsaturated/α-hetero) is 2.